The summed E-state index contributed by atoms with van der Waals surface area (Å²) in [4.78, 5) is 30.8. The lowest BCUT2D eigenvalue weighted by Crippen LogP contribution is -2.42. The molecule has 1 aliphatic heterocycles. The highest BCUT2D eigenvalue weighted by Crippen LogP contribution is 2.17. The van der Waals surface area contributed by atoms with Gasteiger partial charge in [-0.05, 0) is 31.9 Å². The van der Waals surface area contributed by atoms with E-state index in [-0.39, 0.29) is 12.5 Å². The Labute approximate surface area is 142 Å². The molecule has 2 rings (SSSR count). The first kappa shape index (κ1) is 18.2. The van der Waals surface area contributed by atoms with Crippen LogP contribution in [0.4, 0.5) is 5.82 Å². The number of amides is 1. The standard InChI is InChI=1S/C17H25N3O4/c1-3-24-17(22)14(8-11-23-2)19-16(21)13-6-7-15(18-12-13)20-9-4-5-10-20/h6-7,12,14H,3-5,8-11H2,1-2H3,(H,19,21). The number of esters is 1. The van der Waals surface area contributed by atoms with Crippen molar-refractivity contribution in [1.29, 1.82) is 0 Å². The Kier molecular flexibility index (Phi) is 6.99. The van der Waals surface area contributed by atoms with Gasteiger partial charge in [0.15, 0.2) is 0 Å². The molecule has 0 aliphatic carbocycles. The lowest BCUT2D eigenvalue weighted by atomic mass is 10.2. The number of methoxy groups -OCH3 is 1. The summed E-state index contributed by atoms with van der Waals surface area (Å²) in [7, 11) is 1.55. The summed E-state index contributed by atoms with van der Waals surface area (Å²) in [5, 5.41) is 2.69. The lowest BCUT2D eigenvalue weighted by Gasteiger charge is -2.18. The number of hydrogen-bond donors (Lipinski definition) is 1. The molecule has 0 radical (unpaired) electrons. The second-order valence-corrected chi connectivity index (χ2v) is 5.66. The monoisotopic (exact) mass is 335 g/mol. The van der Waals surface area contributed by atoms with E-state index in [4.69, 9.17) is 9.47 Å². The molecular formula is C17H25N3O4. The summed E-state index contributed by atoms with van der Waals surface area (Å²) in [5.74, 6) is 0.0829. The van der Waals surface area contributed by atoms with Gasteiger partial charge in [-0.25, -0.2) is 9.78 Å². The molecule has 132 valence electrons. The third-order valence-electron chi connectivity index (χ3n) is 3.93. The van der Waals surface area contributed by atoms with Crippen molar-refractivity contribution in [3.63, 3.8) is 0 Å². The second kappa shape index (κ2) is 9.22. The van der Waals surface area contributed by atoms with Crippen LogP contribution < -0.4 is 10.2 Å². The minimum atomic E-state index is -0.726. The molecule has 7 heteroatoms. The number of carbonyl (C=O) groups is 2. The molecular weight excluding hydrogens is 310 g/mol. The first-order valence-corrected chi connectivity index (χ1v) is 8.33. The largest absolute Gasteiger partial charge is 0.464 e. The molecule has 1 aromatic rings. The second-order valence-electron chi connectivity index (χ2n) is 5.66. The number of aromatic nitrogens is 1. The molecule has 0 spiro atoms. The minimum absolute atomic E-state index is 0.268. The molecule has 1 fully saturated rings. The molecule has 0 bridgehead atoms. The molecule has 1 saturated heterocycles. The van der Waals surface area contributed by atoms with Crippen LogP contribution >= 0.6 is 0 Å². The Hall–Kier alpha value is -2.15. The first-order chi connectivity index (χ1) is 11.7. The quantitative estimate of drug-likeness (QED) is 0.723. The molecule has 1 aliphatic rings. The molecule has 2 heterocycles. The van der Waals surface area contributed by atoms with Gasteiger partial charge in [0.05, 0.1) is 12.2 Å². The van der Waals surface area contributed by atoms with Crippen molar-refractivity contribution in [2.45, 2.75) is 32.2 Å². The number of anilines is 1. The normalized spacial score (nSPS) is 15.2. The van der Waals surface area contributed by atoms with Crippen molar-refractivity contribution < 1.29 is 19.1 Å². The van der Waals surface area contributed by atoms with E-state index in [1.165, 1.54) is 12.8 Å². The van der Waals surface area contributed by atoms with Crippen molar-refractivity contribution >= 4 is 17.7 Å². The third-order valence-corrected chi connectivity index (χ3v) is 3.93. The zero-order valence-electron chi connectivity index (χ0n) is 14.3. The van der Waals surface area contributed by atoms with Crippen LogP contribution in [0.5, 0.6) is 0 Å². The van der Waals surface area contributed by atoms with Gasteiger partial charge in [0.25, 0.3) is 5.91 Å². The predicted molar refractivity (Wildman–Crippen MR) is 90.1 cm³/mol. The highest BCUT2D eigenvalue weighted by molar-refractivity contribution is 5.96. The van der Waals surface area contributed by atoms with Crippen molar-refractivity contribution in [2.24, 2.45) is 0 Å². The summed E-state index contributed by atoms with van der Waals surface area (Å²) in [6, 6.07) is 2.85. The van der Waals surface area contributed by atoms with Crippen molar-refractivity contribution in [1.82, 2.24) is 10.3 Å². The third kappa shape index (κ3) is 4.92. The number of rotatable bonds is 8. The SMILES string of the molecule is CCOC(=O)C(CCOC)NC(=O)c1ccc(N2CCCC2)nc1. The molecule has 7 nitrogen and oxygen atoms in total. The van der Waals surface area contributed by atoms with Gasteiger partial charge in [-0.2, -0.15) is 0 Å². The number of hydrogen-bond acceptors (Lipinski definition) is 6. The highest BCUT2D eigenvalue weighted by atomic mass is 16.5. The van der Waals surface area contributed by atoms with Gasteiger partial charge in [0.1, 0.15) is 11.9 Å². The van der Waals surface area contributed by atoms with Crippen LogP contribution in [-0.2, 0) is 14.3 Å². The number of ether oxygens (including phenoxy) is 2. The average Bonchev–Trinajstić information content (AvgIpc) is 3.13. The fourth-order valence-corrected chi connectivity index (χ4v) is 2.62. The van der Waals surface area contributed by atoms with Crippen molar-refractivity contribution in [3.05, 3.63) is 23.9 Å². The fraction of sp³-hybridized carbons (Fsp3) is 0.588. The maximum atomic E-state index is 12.3. The van der Waals surface area contributed by atoms with Crippen LogP contribution in [0.1, 0.15) is 36.5 Å². The van der Waals surface area contributed by atoms with E-state index < -0.39 is 12.0 Å². The predicted octanol–water partition coefficient (Wildman–Crippen LogP) is 1.38. The molecule has 1 aromatic heterocycles. The average molecular weight is 335 g/mol. The number of pyridine rings is 1. The summed E-state index contributed by atoms with van der Waals surface area (Å²) < 4.78 is 9.98. The minimum Gasteiger partial charge on any atom is -0.464 e. The summed E-state index contributed by atoms with van der Waals surface area (Å²) in [6.07, 6.45) is 4.25. The molecule has 1 atom stereocenters. The Bertz CT molecular complexity index is 541. The van der Waals surface area contributed by atoms with Gasteiger partial charge in [0.2, 0.25) is 0 Å². The van der Waals surface area contributed by atoms with E-state index >= 15 is 0 Å². The molecule has 0 aromatic carbocycles. The Morgan fingerprint density at radius 1 is 1.33 bits per heavy atom. The highest BCUT2D eigenvalue weighted by Gasteiger charge is 2.23. The van der Waals surface area contributed by atoms with Crippen LogP contribution in [-0.4, -0.2) is 56.3 Å². The van der Waals surface area contributed by atoms with Gasteiger partial charge >= 0.3 is 5.97 Å². The maximum Gasteiger partial charge on any atom is 0.328 e. The lowest BCUT2D eigenvalue weighted by molar-refractivity contribution is -0.145. The van der Waals surface area contributed by atoms with Crippen LogP contribution in [0.15, 0.2) is 18.3 Å². The first-order valence-electron chi connectivity index (χ1n) is 8.33. The van der Waals surface area contributed by atoms with E-state index in [2.05, 4.69) is 15.2 Å². The van der Waals surface area contributed by atoms with Crippen LogP contribution in [0, 0.1) is 0 Å². The Morgan fingerprint density at radius 3 is 2.67 bits per heavy atom. The van der Waals surface area contributed by atoms with Gasteiger partial charge < -0.3 is 19.7 Å². The van der Waals surface area contributed by atoms with E-state index in [0.717, 1.165) is 18.9 Å². The van der Waals surface area contributed by atoms with E-state index in [9.17, 15) is 9.59 Å². The van der Waals surface area contributed by atoms with E-state index in [0.29, 0.717) is 18.6 Å². The Balaban J connectivity index is 1.98. The number of nitrogens with one attached hydrogen (secondary N) is 1. The zero-order valence-corrected chi connectivity index (χ0v) is 14.3. The zero-order chi connectivity index (χ0) is 17.4. The summed E-state index contributed by atoms with van der Waals surface area (Å²) in [6.45, 7) is 4.36. The van der Waals surface area contributed by atoms with Crippen LogP contribution in [0.3, 0.4) is 0 Å². The van der Waals surface area contributed by atoms with E-state index in [1.807, 2.05) is 6.07 Å². The summed E-state index contributed by atoms with van der Waals surface area (Å²) >= 11 is 0. The topological polar surface area (TPSA) is 80.8 Å². The van der Waals surface area contributed by atoms with Crippen LogP contribution in [0.2, 0.25) is 0 Å². The molecule has 1 unspecified atom stereocenters. The smallest absolute Gasteiger partial charge is 0.328 e. The van der Waals surface area contributed by atoms with Crippen molar-refractivity contribution in [3.8, 4) is 0 Å². The number of nitrogens with zero attached hydrogens (tertiary/aromatic N) is 2. The van der Waals surface area contributed by atoms with E-state index in [1.54, 1.807) is 26.3 Å². The summed E-state index contributed by atoms with van der Waals surface area (Å²) in [5.41, 5.74) is 0.421. The van der Waals surface area contributed by atoms with Crippen LogP contribution in [0.25, 0.3) is 0 Å². The van der Waals surface area contributed by atoms with Gasteiger partial charge in [-0.15, -0.1) is 0 Å². The van der Waals surface area contributed by atoms with Gasteiger partial charge in [-0.3, -0.25) is 4.79 Å². The molecule has 1 amide bonds. The number of carbonyl (C=O) groups excluding carboxylic acids is 2. The van der Waals surface area contributed by atoms with Crippen molar-refractivity contribution in [2.75, 3.05) is 38.3 Å². The molecule has 24 heavy (non-hydrogen) atoms. The molecule has 0 saturated carbocycles. The maximum absolute atomic E-state index is 12.3. The van der Waals surface area contributed by atoms with Gasteiger partial charge in [0, 0.05) is 39.4 Å². The fourth-order valence-electron chi connectivity index (χ4n) is 2.62. The molecule has 1 N–H and O–H groups in total. The van der Waals surface area contributed by atoms with Gasteiger partial charge in [-0.1, -0.05) is 0 Å². The Morgan fingerprint density at radius 2 is 2.08 bits per heavy atom.